The highest BCUT2D eigenvalue weighted by molar-refractivity contribution is 5.79. The lowest BCUT2D eigenvalue weighted by atomic mass is 9.79. The molecule has 6 nitrogen and oxygen atoms in total. The molecule has 1 aliphatic heterocycles. The number of hydrogen-bond acceptors (Lipinski definition) is 5. The number of piperidine rings is 1. The van der Waals surface area contributed by atoms with Gasteiger partial charge in [0.15, 0.2) is 11.5 Å². The topological polar surface area (TPSA) is 74.0 Å². The zero-order valence-electron chi connectivity index (χ0n) is 15.2. The van der Waals surface area contributed by atoms with Gasteiger partial charge in [0.25, 0.3) is 0 Å². The van der Waals surface area contributed by atoms with Gasteiger partial charge < -0.3 is 24.8 Å². The van der Waals surface area contributed by atoms with Crippen molar-refractivity contribution in [2.45, 2.75) is 32.7 Å². The van der Waals surface area contributed by atoms with Gasteiger partial charge in [0.05, 0.1) is 27.8 Å². The lowest BCUT2D eigenvalue weighted by molar-refractivity contribution is -0.133. The number of benzene rings is 1. The van der Waals surface area contributed by atoms with E-state index in [9.17, 15) is 4.79 Å². The predicted molar refractivity (Wildman–Crippen MR) is 92.8 cm³/mol. The zero-order chi connectivity index (χ0) is 17.9. The number of amides is 1. The first kappa shape index (κ1) is 18.4. The second-order valence-corrected chi connectivity index (χ2v) is 6.91. The van der Waals surface area contributed by atoms with Crippen LogP contribution in [0.4, 0.5) is 0 Å². The molecular formula is C18H28N2O4. The van der Waals surface area contributed by atoms with Crippen molar-refractivity contribution in [3.05, 3.63) is 17.7 Å². The molecule has 1 fully saturated rings. The van der Waals surface area contributed by atoms with E-state index in [0.29, 0.717) is 36.8 Å². The predicted octanol–water partition coefficient (Wildman–Crippen LogP) is 1.84. The Kier molecular flexibility index (Phi) is 5.59. The molecule has 24 heavy (non-hydrogen) atoms. The summed E-state index contributed by atoms with van der Waals surface area (Å²) in [4.78, 5) is 14.6. The molecule has 0 radical (unpaired) electrons. The summed E-state index contributed by atoms with van der Waals surface area (Å²) < 4.78 is 16.0. The zero-order valence-corrected chi connectivity index (χ0v) is 15.2. The Hall–Kier alpha value is -1.95. The molecule has 6 heteroatoms. The van der Waals surface area contributed by atoms with Crippen LogP contribution in [-0.2, 0) is 11.2 Å². The lowest BCUT2D eigenvalue weighted by Gasteiger charge is -2.42. The Bertz CT molecular complexity index is 576. The molecule has 1 aromatic rings. The second kappa shape index (κ2) is 7.30. The van der Waals surface area contributed by atoms with Crippen molar-refractivity contribution in [3.8, 4) is 17.2 Å². The van der Waals surface area contributed by atoms with Crippen LogP contribution >= 0.6 is 0 Å². The van der Waals surface area contributed by atoms with E-state index >= 15 is 0 Å². The first-order valence-corrected chi connectivity index (χ1v) is 8.14. The first-order chi connectivity index (χ1) is 11.3. The molecule has 1 aliphatic rings. The summed E-state index contributed by atoms with van der Waals surface area (Å²) in [7, 11) is 4.69. The van der Waals surface area contributed by atoms with Crippen LogP contribution < -0.4 is 19.9 Å². The van der Waals surface area contributed by atoms with Crippen LogP contribution in [0.2, 0.25) is 0 Å². The fraction of sp³-hybridized carbons (Fsp3) is 0.611. The van der Waals surface area contributed by atoms with E-state index in [0.717, 1.165) is 12.0 Å². The molecule has 0 aromatic heterocycles. The molecule has 2 N–H and O–H groups in total. The van der Waals surface area contributed by atoms with E-state index in [4.69, 9.17) is 19.9 Å². The SMILES string of the molecule is COc1cc(CC(=O)N2CCC(N)C(C)(C)C2)cc(OC)c1OC. The van der Waals surface area contributed by atoms with Crippen LogP contribution in [-0.4, -0.2) is 51.3 Å². The number of likely N-dealkylation sites (tertiary alicyclic amines) is 1. The summed E-state index contributed by atoms with van der Waals surface area (Å²) in [6.07, 6.45) is 1.12. The molecule has 134 valence electrons. The second-order valence-electron chi connectivity index (χ2n) is 6.91. The van der Waals surface area contributed by atoms with Gasteiger partial charge in [0.2, 0.25) is 11.7 Å². The van der Waals surface area contributed by atoms with Gasteiger partial charge in [-0.25, -0.2) is 0 Å². The van der Waals surface area contributed by atoms with Gasteiger partial charge in [-0.3, -0.25) is 4.79 Å². The van der Waals surface area contributed by atoms with Gasteiger partial charge in [-0.15, -0.1) is 0 Å². The molecule has 0 saturated carbocycles. The van der Waals surface area contributed by atoms with Crippen LogP contribution in [0.25, 0.3) is 0 Å². The van der Waals surface area contributed by atoms with Gasteiger partial charge in [-0.2, -0.15) is 0 Å². The number of nitrogens with zero attached hydrogens (tertiary/aromatic N) is 1. The molecule has 1 amide bonds. The molecule has 1 heterocycles. The Morgan fingerprint density at radius 1 is 1.21 bits per heavy atom. The molecule has 1 unspecified atom stereocenters. The fourth-order valence-electron chi connectivity index (χ4n) is 3.11. The van der Waals surface area contributed by atoms with E-state index < -0.39 is 0 Å². The molecule has 0 spiro atoms. The van der Waals surface area contributed by atoms with E-state index in [2.05, 4.69) is 13.8 Å². The number of hydrogen-bond donors (Lipinski definition) is 1. The molecular weight excluding hydrogens is 308 g/mol. The average molecular weight is 336 g/mol. The van der Waals surface area contributed by atoms with Crippen LogP contribution in [0, 0.1) is 5.41 Å². The Labute approximate surface area is 143 Å². The molecule has 1 aromatic carbocycles. The Morgan fingerprint density at radius 3 is 2.25 bits per heavy atom. The summed E-state index contributed by atoms with van der Waals surface area (Å²) >= 11 is 0. The monoisotopic (exact) mass is 336 g/mol. The van der Waals surface area contributed by atoms with Crippen LogP contribution in [0.3, 0.4) is 0 Å². The standard InChI is InChI=1S/C18H28N2O4/c1-18(2)11-20(7-6-15(18)19)16(21)10-12-8-13(22-3)17(24-5)14(9-12)23-4/h8-9,15H,6-7,10-11,19H2,1-5H3. The summed E-state index contributed by atoms with van der Waals surface area (Å²) in [5.41, 5.74) is 6.92. The molecule has 0 bridgehead atoms. The fourth-order valence-corrected chi connectivity index (χ4v) is 3.11. The minimum Gasteiger partial charge on any atom is -0.493 e. The van der Waals surface area contributed by atoms with E-state index in [-0.39, 0.29) is 17.4 Å². The van der Waals surface area contributed by atoms with Crippen molar-refractivity contribution in [2.24, 2.45) is 11.1 Å². The smallest absolute Gasteiger partial charge is 0.227 e. The summed E-state index contributed by atoms with van der Waals surface area (Å²) in [6.45, 7) is 5.60. The molecule has 2 rings (SSSR count). The number of ether oxygens (including phenoxy) is 3. The highest BCUT2D eigenvalue weighted by Crippen LogP contribution is 2.38. The highest BCUT2D eigenvalue weighted by atomic mass is 16.5. The molecule has 0 aliphatic carbocycles. The van der Waals surface area contributed by atoms with Crippen LogP contribution in [0.1, 0.15) is 25.8 Å². The van der Waals surface area contributed by atoms with Crippen molar-refractivity contribution in [3.63, 3.8) is 0 Å². The average Bonchev–Trinajstić information content (AvgIpc) is 2.56. The van der Waals surface area contributed by atoms with Gasteiger partial charge in [0, 0.05) is 19.1 Å². The minimum atomic E-state index is -0.0663. The normalized spacial score (nSPS) is 19.8. The number of methoxy groups -OCH3 is 3. The van der Waals surface area contributed by atoms with Crippen LogP contribution in [0.15, 0.2) is 12.1 Å². The Balaban J connectivity index is 2.17. The number of carbonyl (C=O) groups excluding carboxylic acids is 1. The number of carbonyl (C=O) groups is 1. The largest absolute Gasteiger partial charge is 0.493 e. The maximum Gasteiger partial charge on any atom is 0.227 e. The summed E-state index contributed by atoms with van der Waals surface area (Å²) in [6, 6.07) is 3.77. The quantitative estimate of drug-likeness (QED) is 0.888. The van der Waals surface area contributed by atoms with Crippen molar-refractivity contribution >= 4 is 5.91 Å². The van der Waals surface area contributed by atoms with E-state index in [1.165, 1.54) is 0 Å². The van der Waals surface area contributed by atoms with Crippen molar-refractivity contribution in [1.29, 1.82) is 0 Å². The van der Waals surface area contributed by atoms with Gasteiger partial charge in [0.1, 0.15) is 0 Å². The Morgan fingerprint density at radius 2 is 1.79 bits per heavy atom. The summed E-state index contributed by atoms with van der Waals surface area (Å²) in [5, 5.41) is 0. The van der Waals surface area contributed by atoms with Gasteiger partial charge >= 0.3 is 0 Å². The highest BCUT2D eigenvalue weighted by Gasteiger charge is 2.35. The van der Waals surface area contributed by atoms with Gasteiger partial charge in [-0.1, -0.05) is 13.8 Å². The van der Waals surface area contributed by atoms with Crippen molar-refractivity contribution in [1.82, 2.24) is 4.90 Å². The lowest BCUT2D eigenvalue weighted by Crippen LogP contribution is -2.54. The minimum absolute atomic E-state index is 0.0663. The molecule has 1 atom stereocenters. The number of nitrogens with two attached hydrogens (primary N) is 1. The molecule has 1 saturated heterocycles. The van der Waals surface area contributed by atoms with Crippen LogP contribution in [0.5, 0.6) is 17.2 Å². The maximum atomic E-state index is 12.7. The summed E-state index contributed by atoms with van der Waals surface area (Å²) in [5.74, 6) is 1.73. The number of rotatable bonds is 5. The third-order valence-electron chi connectivity index (χ3n) is 4.74. The third-order valence-corrected chi connectivity index (χ3v) is 4.74. The maximum absolute atomic E-state index is 12.7. The van der Waals surface area contributed by atoms with Crippen molar-refractivity contribution < 1.29 is 19.0 Å². The third kappa shape index (κ3) is 3.75. The van der Waals surface area contributed by atoms with E-state index in [1.54, 1.807) is 21.3 Å². The first-order valence-electron chi connectivity index (χ1n) is 8.14. The van der Waals surface area contributed by atoms with E-state index in [1.807, 2.05) is 17.0 Å². The van der Waals surface area contributed by atoms with Gasteiger partial charge in [-0.05, 0) is 29.5 Å². The van der Waals surface area contributed by atoms with Crippen molar-refractivity contribution in [2.75, 3.05) is 34.4 Å².